The number of likely N-dealkylation sites (tertiary alicyclic amines) is 2. The number of hydroxylamine groups is 2. The van der Waals surface area contributed by atoms with Crippen LogP contribution < -0.4 is 53.2 Å². The van der Waals surface area contributed by atoms with Crippen molar-refractivity contribution in [3.63, 3.8) is 0 Å². The van der Waals surface area contributed by atoms with Crippen LogP contribution in [-0.2, 0) is 97.9 Å². The van der Waals surface area contributed by atoms with Crippen molar-refractivity contribution in [3.05, 3.63) is 41.5 Å². The van der Waals surface area contributed by atoms with Crippen LogP contribution in [0.2, 0.25) is 0 Å². The van der Waals surface area contributed by atoms with E-state index >= 15 is 0 Å². The number of amides is 12. The van der Waals surface area contributed by atoms with Gasteiger partial charge in [0.1, 0.15) is 72.2 Å². The van der Waals surface area contributed by atoms with Crippen molar-refractivity contribution in [2.45, 2.75) is 299 Å². The first-order chi connectivity index (χ1) is 55.0. The quantitative estimate of drug-likeness (QED) is 0.0404. The number of hydrogen-bond acceptors (Lipinski definition) is 20. The number of carbonyl (C=O) groups excluding carboxylic acids is 12. The molecule has 12 amide bonds. The second-order valence-corrected chi connectivity index (χ2v) is 31.6. The Morgan fingerprint density at radius 1 is 0.470 bits per heavy atom. The molecule has 12 atom stereocenters. The van der Waals surface area contributed by atoms with Crippen LogP contribution in [0.4, 0.5) is 0 Å². The first-order valence-electron chi connectivity index (χ1n) is 40.0. The first-order valence-corrected chi connectivity index (χ1v) is 40.0. The van der Waals surface area contributed by atoms with Gasteiger partial charge in [-0.2, -0.15) is 0 Å². The summed E-state index contributed by atoms with van der Waals surface area (Å²) in [5.41, 5.74) is -1.18. The van der Waals surface area contributed by atoms with Gasteiger partial charge in [-0.25, -0.2) is 4.79 Å². The van der Waals surface area contributed by atoms with Gasteiger partial charge in [0.25, 0.3) is 0 Å². The number of nitrogens with one attached hydrogen (secondary N) is 10. The number of hydrogen-bond donors (Lipinski definition) is 17. The van der Waals surface area contributed by atoms with Crippen LogP contribution in [-0.4, -0.2) is 254 Å². The lowest BCUT2D eigenvalue weighted by Gasteiger charge is -2.34. The van der Waals surface area contributed by atoms with Crippen LogP contribution in [0, 0.1) is 11.8 Å². The topological polar surface area (TPSA) is 599 Å². The van der Waals surface area contributed by atoms with Crippen LogP contribution in [0.15, 0.2) is 35.9 Å². The number of carboxylic acid groups (broad SMARTS) is 6. The summed E-state index contributed by atoms with van der Waals surface area (Å²) >= 11 is 0. The molecule has 117 heavy (non-hydrogen) atoms. The van der Waals surface area contributed by atoms with Crippen LogP contribution in [0.5, 0.6) is 5.75 Å². The number of phenolic OH excluding ortho intramolecular Hbond substituents is 1. The van der Waals surface area contributed by atoms with Crippen molar-refractivity contribution in [1.29, 1.82) is 0 Å². The predicted octanol–water partition coefficient (Wildman–Crippen LogP) is 0.936. The van der Waals surface area contributed by atoms with E-state index < -0.39 is 242 Å². The summed E-state index contributed by atoms with van der Waals surface area (Å²) in [6, 6.07) is -12.1. The highest BCUT2D eigenvalue weighted by Crippen LogP contribution is 2.39. The summed E-state index contributed by atoms with van der Waals surface area (Å²) in [5, 5.41) is 107. The fourth-order valence-corrected chi connectivity index (χ4v) is 14.8. The average molecular weight is 1650 g/mol. The Labute approximate surface area is 677 Å². The highest BCUT2D eigenvalue weighted by molar-refractivity contribution is 6.01. The maximum Gasteiger partial charge on any atom is 0.326 e. The first kappa shape index (κ1) is 96.7. The zero-order chi connectivity index (χ0) is 87.2. The lowest BCUT2D eigenvalue weighted by molar-refractivity contribution is -0.238. The van der Waals surface area contributed by atoms with Crippen LogP contribution in [0.3, 0.4) is 0 Å². The van der Waals surface area contributed by atoms with Gasteiger partial charge in [-0.15, -0.1) is 10.3 Å². The number of nitrogens with zero attached hydrogens (tertiary/aromatic N) is 3. The maximum atomic E-state index is 14.9. The van der Waals surface area contributed by atoms with Crippen molar-refractivity contribution in [2.24, 2.45) is 11.8 Å². The van der Waals surface area contributed by atoms with Gasteiger partial charge >= 0.3 is 35.8 Å². The van der Waals surface area contributed by atoms with Gasteiger partial charge in [-0.1, -0.05) is 89.8 Å². The minimum absolute atomic E-state index is 0.0162. The van der Waals surface area contributed by atoms with E-state index in [1.165, 1.54) is 31.2 Å². The molecule has 3 heterocycles. The standard InChI is InChI=1S/C78H116N13O26/c1-8-43(2)64(75(114)90-38-18-21-56(90)72(111)83-50(29-33-60(96)97)68(107)82-49(28-32-59(94)95)67(106)80-44(3)65(104)86-53(39-45-19-13-12-14-20-45)70(109)85-52(76(115)116)31-35-62(100)101)88-73(112)57-22-17-37-89(57)74(113)51(30-34-61(98)99)84-69(108)54(40-46-24-26-47(92)27-25-46)87-71(110)55(41-63(102)103)81-58(93)23-15-10-9-11-16-36-79-66(105)48-42-77(4,5)91(117)78(48,6)7/h24-27,42-45,49-57,64,92H,8-23,28-41H2,1-7H3,(H,79,105)(H,80,106)(H,81,93)(H,82,107)(H,83,111)(H,84,108)(H,85,109)(H,86,104)(H,87,110)(H,88,112)(H,94,95)(H,96,97)(H,98,99)(H,100,101)(H,102,103)(H,115,116)/t43-,44-,49-,50-,51-,52-,53-,54-,55-,56-,57-,64-/m0/s1. The SMILES string of the molecule is CC[C@H](C)[C@H](NC(=O)[C@@H]1CCCN1C(=O)[C@H](CCC(=O)O)NC(=O)[C@H](Cc1ccc(O)cc1)NC(=O)[C@H](CC(=O)O)NC(=O)CCCCCCCNC(=O)C1=CC(C)(C)N([O])C1(C)C)C(=O)N1CCC[C@H]1C(=O)N[C@@H](CCC(=O)O)C(=O)N[C@@H](CCC(=O)O)C(=O)N[C@@H](C)C(=O)N[C@@H](CC1CCCCC1)C(=O)N[C@@H](CCC(=O)O)C(=O)O. The molecule has 1 aliphatic carbocycles. The van der Waals surface area contributed by atoms with E-state index in [4.69, 9.17) is 5.11 Å². The van der Waals surface area contributed by atoms with Crippen molar-refractivity contribution in [1.82, 2.24) is 68.0 Å². The fourth-order valence-electron chi connectivity index (χ4n) is 14.8. The summed E-state index contributed by atoms with van der Waals surface area (Å²) < 4.78 is 0. The number of carbonyl (C=O) groups is 18. The zero-order valence-corrected chi connectivity index (χ0v) is 67.3. The molecule has 5 rings (SSSR count). The van der Waals surface area contributed by atoms with E-state index in [2.05, 4.69) is 53.2 Å². The van der Waals surface area contributed by atoms with E-state index in [0.29, 0.717) is 62.6 Å². The highest BCUT2D eigenvalue weighted by atomic mass is 16.5. The number of rotatable bonds is 49. The molecule has 4 aliphatic rings. The number of aliphatic carboxylic acids is 6. The minimum atomic E-state index is -1.78. The minimum Gasteiger partial charge on any atom is -0.508 e. The Morgan fingerprint density at radius 2 is 0.932 bits per heavy atom. The Morgan fingerprint density at radius 3 is 1.47 bits per heavy atom. The Hall–Kier alpha value is -10.9. The van der Waals surface area contributed by atoms with Gasteiger partial charge in [-0.3, -0.25) is 81.5 Å². The smallest absolute Gasteiger partial charge is 0.326 e. The predicted molar refractivity (Wildman–Crippen MR) is 412 cm³/mol. The van der Waals surface area contributed by atoms with E-state index in [1.807, 2.05) is 0 Å². The van der Waals surface area contributed by atoms with E-state index in [1.54, 1.807) is 47.6 Å². The molecule has 3 fully saturated rings. The number of aromatic hydroxyl groups is 1. The average Bonchev–Trinajstić information content (AvgIpc) is 1.61. The van der Waals surface area contributed by atoms with Crippen molar-refractivity contribution < 1.29 is 127 Å². The summed E-state index contributed by atoms with van der Waals surface area (Å²) in [6.07, 6.45) is 2.29. The number of phenols is 1. The second-order valence-electron chi connectivity index (χ2n) is 31.6. The largest absolute Gasteiger partial charge is 0.508 e. The molecule has 3 aliphatic heterocycles. The molecule has 0 unspecified atom stereocenters. The van der Waals surface area contributed by atoms with Crippen molar-refractivity contribution >= 4 is 107 Å². The molecule has 0 bridgehead atoms. The monoisotopic (exact) mass is 1650 g/mol. The summed E-state index contributed by atoms with van der Waals surface area (Å²) in [5.74, 6) is -20.7. The Kier molecular flexibility index (Phi) is 38.2. The molecule has 1 aromatic carbocycles. The van der Waals surface area contributed by atoms with Gasteiger partial charge in [0, 0.05) is 63.7 Å². The van der Waals surface area contributed by atoms with Crippen molar-refractivity contribution in [3.8, 4) is 5.75 Å². The molecule has 0 spiro atoms. The molecule has 2 saturated heterocycles. The van der Waals surface area contributed by atoms with Crippen LogP contribution >= 0.6 is 0 Å². The van der Waals surface area contributed by atoms with Gasteiger partial charge in [0.2, 0.25) is 70.9 Å². The van der Waals surface area contributed by atoms with Gasteiger partial charge in [-0.05, 0) is 135 Å². The summed E-state index contributed by atoms with van der Waals surface area (Å²) in [7, 11) is 0. The zero-order valence-electron chi connectivity index (χ0n) is 67.3. The summed E-state index contributed by atoms with van der Waals surface area (Å²) in [6.45, 7) is 11.4. The molecular weight excluding hydrogens is 1530 g/mol. The van der Waals surface area contributed by atoms with Crippen molar-refractivity contribution in [2.75, 3.05) is 19.6 Å². The molecule has 17 N–H and O–H groups in total. The number of carboxylic acids is 6. The molecule has 649 valence electrons. The maximum absolute atomic E-state index is 14.9. The number of benzene rings is 1. The Bertz CT molecular complexity index is 3770. The third kappa shape index (κ3) is 30.6. The molecule has 1 aromatic rings. The molecule has 1 saturated carbocycles. The molecule has 39 nitrogen and oxygen atoms in total. The lowest BCUT2D eigenvalue weighted by Crippen LogP contribution is -2.61. The lowest BCUT2D eigenvalue weighted by atomic mass is 9.84. The highest BCUT2D eigenvalue weighted by Gasteiger charge is 2.50. The molecule has 39 heteroatoms. The van der Waals surface area contributed by atoms with Crippen LogP contribution in [0.25, 0.3) is 0 Å². The normalized spacial score (nSPS) is 19.0. The van der Waals surface area contributed by atoms with Gasteiger partial charge in [0.15, 0.2) is 0 Å². The third-order valence-corrected chi connectivity index (χ3v) is 21.6. The summed E-state index contributed by atoms with van der Waals surface area (Å²) in [4.78, 5) is 243. The Balaban J connectivity index is 1.27. The molecular formula is C78H116N13O26. The van der Waals surface area contributed by atoms with E-state index in [9.17, 15) is 122 Å². The molecule has 1 radical (unpaired) electrons. The van der Waals surface area contributed by atoms with Gasteiger partial charge in [0.05, 0.1) is 17.5 Å². The second kappa shape index (κ2) is 46.2. The van der Waals surface area contributed by atoms with E-state index in [-0.39, 0.29) is 82.0 Å². The van der Waals surface area contributed by atoms with Crippen LogP contribution in [0.1, 0.15) is 221 Å². The fraction of sp³-hybridized carbons (Fsp3) is 0.667. The third-order valence-electron chi connectivity index (χ3n) is 21.6. The molecule has 0 aromatic heterocycles. The van der Waals surface area contributed by atoms with Gasteiger partial charge < -0.3 is 98.7 Å². The number of unbranched alkanes of at least 4 members (excludes halogenated alkanes) is 4. The van der Waals surface area contributed by atoms with E-state index in [0.717, 1.165) is 34.1 Å².